The van der Waals surface area contributed by atoms with Crippen LogP contribution in [0.4, 0.5) is 17.1 Å². The molecule has 0 aliphatic rings. The van der Waals surface area contributed by atoms with Crippen molar-refractivity contribution in [2.75, 3.05) is 4.90 Å². The van der Waals surface area contributed by atoms with Crippen LogP contribution in [0.5, 0.6) is 0 Å². The lowest BCUT2D eigenvalue weighted by Crippen LogP contribution is -2.09. The Kier molecular flexibility index (Phi) is 7.07. The number of nitrogens with zero attached hydrogens (tertiary/aromatic N) is 1. The van der Waals surface area contributed by atoms with Crippen LogP contribution in [-0.2, 0) is 0 Å². The number of thiophene rings is 1. The molecule has 0 saturated carbocycles. The van der Waals surface area contributed by atoms with Crippen LogP contribution >= 0.6 is 11.3 Å². The number of benzene rings is 8. The summed E-state index contributed by atoms with van der Waals surface area (Å²) in [6.07, 6.45) is 0. The molecular weight excluding hydrogens is 599 g/mol. The van der Waals surface area contributed by atoms with E-state index in [9.17, 15) is 0 Å². The Labute approximate surface area is 284 Å². The van der Waals surface area contributed by atoms with Gasteiger partial charge in [-0.2, -0.15) is 0 Å². The Hall–Kier alpha value is -5.96. The second-order valence-electron chi connectivity index (χ2n) is 12.1. The lowest BCUT2D eigenvalue weighted by atomic mass is 9.94. The molecule has 9 aromatic rings. The summed E-state index contributed by atoms with van der Waals surface area (Å²) in [5.41, 5.74) is 10.7. The van der Waals surface area contributed by atoms with Crippen molar-refractivity contribution in [1.82, 2.24) is 0 Å². The zero-order valence-electron chi connectivity index (χ0n) is 26.3. The SMILES string of the molecule is c1ccc(-c2ccccc2-c2ccc(N(c3ccccc3)c3ccc(-c4cccc5c4ccc4sc6ccccc6c45)cc3)cc2)cc1. The molecule has 0 saturated heterocycles. The molecule has 0 aliphatic carbocycles. The van der Waals surface area contributed by atoms with E-state index in [1.54, 1.807) is 0 Å². The second-order valence-corrected chi connectivity index (χ2v) is 13.2. The van der Waals surface area contributed by atoms with Gasteiger partial charge in [-0.25, -0.2) is 0 Å². The first-order valence-corrected chi connectivity index (χ1v) is 17.2. The fraction of sp³-hybridized carbons (Fsp3) is 0. The third-order valence-electron chi connectivity index (χ3n) is 9.30. The van der Waals surface area contributed by atoms with Gasteiger partial charge in [0.2, 0.25) is 0 Å². The van der Waals surface area contributed by atoms with Gasteiger partial charge in [-0.1, -0.05) is 140 Å². The first kappa shape index (κ1) is 28.3. The topological polar surface area (TPSA) is 3.24 Å². The van der Waals surface area contributed by atoms with E-state index in [2.05, 4.69) is 193 Å². The Morgan fingerprint density at radius 2 is 0.792 bits per heavy atom. The average molecular weight is 630 g/mol. The van der Waals surface area contributed by atoms with Crippen LogP contribution < -0.4 is 4.90 Å². The van der Waals surface area contributed by atoms with Crippen LogP contribution in [0.2, 0.25) is 0 Å². The highest BCUT2D eigenvalue weighted by Gasteiger charge is 2.15. The fourth-order valence-electron chi connectivity index (χ4n) is 7.04. The molecule has 0 atom stereocenters. The highest BCUT2D eigenvalue weighted by molar-refractivity contribution is 7.26. The van der Waals surface area contributed by atoms with E-state index in [1.807, 2.05) is 11.3 Å². The summed E-state index contributed by atoms with van der Waals surface area (Å²) < 4.78 is 2.67. The van der Waals surface area contributed by atoms with Crippen LogP contribution in [0.25, 0.3) is 64.3 Å². The lowest BCUT2D eigenvalue weighted by Gasteiger charge is -2.26. The molecule has 0 unspecified atom stereocenters. The minimum atomic E-state index is 1.12. The number of fused-ring (bicyclic) bond motifs is 5. The van der Waals surface area contributed by atoms with Crippen LogP contribution in [0, 0.1) is 0 Å². The van der Waals surface area contributed by atoms with Gasteiger partial charge in [0, 0.05) is 37.2 Å². The van der Waals surface area contributed by atoms with E-state index < -0.39 is 0 Å². The standard InChI is InChI=1S/C46H31NS/c1-3-12-32(13-4-1)38-16-7-8-17-39(38)33-22-26-36(27-23-33)47(35-14-5-2-6-15-35)37-28-24-34(25-29-37)40-19-11-20-42-41(40)30-31-45-46(42)43-18-9-10-21-44(43)48-45/h1-31H. The van der Waals surface area contributed by atoms with Crippen LogP contribution in [-0.4, -0.2) is 0 Å². The molecule has 0 amide bonds. The summed E-state index contributed by atoms with van der Waals surface area (Å²) in [5.74, 6) is 0. The van der Waals surface area contributed by atoms with Gasteiger partial charge in [-0.05, 0) is 92.7 Å². The number of para-hydroxylation sites is 1. The van der Waals surface area contributed by atoms with Gasteiger partial charge >= 0.3 is 0 Å². The Balaban J connectivity index is 1.10. The fourth-order valence-corrected chi connectivity index (χ4v) is 8.16. The molecule has 0 aliphatic heterocycles. The van der Waals surface area contributed by atoms with Crippen molar-refractivity contribution in [2.24, 2.45) is 0 Å². The van der Waals surface area contributed by atoms with Gasteiger partial charge in [0.05, 0.1) is 0 Å². The summed E-state index contributed by atoms with van der Waals surface area (Å²) in [6.45, 7) is 0. The average Bonchev–Trinajstić information content (AvgIpc) is 3.56. The smallest absolute Gasteiger partial charge is 0.0462 e. The highest BCUT2D eigenvalue weighted by Crippen LogP contribution is 2.42. The van der Waals surface area contributed by atoms with E-state index in [1.165, 1.54) is 64.3 Å². The van der Waals surface area contributed by atoms with Crippen molar-refractivity contribution >= 4 is 59.3 Å². The molecule has 226 valence electrons. The first-order chi connectivity index (χ1) is 23.8. The highest BCUT2D eigenvalue weighted by atomic mass is 32.1. The maximum absolute atomic E-state index is 2.33. The summed E-state index contributed by atoms with van der Waals surface area (Å²) in [7, 11) is 0. The van der Waals surface area contributed by atoms with Crippen molar-refractivity contribution in [1.29, 1.82) is 0 Å². The molecule has 0 spiro atoms. The normalized spacial score (nSPS) is 11.3. The third kappa shape index (κ3) is 4.95. The van der Waals surface area contributed by atoms with E-state index in [4.69, 9.17) is 0 Å². The molecule has 0 fully saturated rings. The molecule has 0 N–H and O–H groups in total. The van der Waals surface area contributed by atoms with Gasteiger partial charge < -0.3 is 4.90 Å². The molecule has 8 aromatic carbocycles. The minimum absolute atomic E-state index is 1.12. The van der Waals surface area contributed by atoms with E-state index in [-0.39, 0.29) is 0 Å². The second kappa shape index (κ2) is 12.0. The summed E-state index contributed by atoms with van der Waals surface area (Å²) in [5, 5.41) is 5.29. The van der Waals surface area contributed by atoms with Crippen molar-refractivity contribution in [2.45, 2.75) is 0 Å². The molecule has 2 heteroatoms. The summed E-state index contributed by atoms with van der Waals surface area (Å²) in [6, 6.07) is 67.9. The summed E-state index contributed by atoms with van der Waals surface area (Å²) in [4.78, 5) is 2.33. The predicted molar refractivity (Wildman–Crippen MR) is 208 cm³/mol. The Morgan fingerprint density at radius 1 is 0.292 bits per heavy atom. The minimum Gasteiger partial charge on any atom is -0.311 e. The predicted octanol–water partition coefficient (Wildman–Crippen LogP) is 13.7. The molecule has 1 heterocycles. The largest absolute Gasteiger partial charge is 0.311 e. The van der Waals surface area contributed by atoms with E-state index in [0.717, 1.165) is 17.1 Å². The van der Waals surface area contributed by atoms with Gasteiger partial charge in [0.25, 0.3) is 0 Å². The van der Waals surface area contributed by atoms with Crippen molar-refractivity contribution < 1.29 is 0 Å². The van der Waals surface area contributed by atoms with E-state index >= 15 is 0 Å². The van der Waals surface area contributed by atoms with E-state index in [0.29, 0.717) is 0 Å². The quantitative estimate of drug-likeness (QED) is 0.177. The molecule has 0 bridgehead atoms. The van der Waals surface area contributed by atoms with Gasteiger partial charge in [-0.3, -0.25) is 0 Å². The zero-order chi connectivity index (χ0) is 31.9. The Bertz CT molecular complexity index is 2530. The van der Waals surface area contributed by atoms with Crippen LogP contribution in [0.3, 0.4) is 0 Å². The zero-order valence-corrected chi connectivity index (χ0v) is 27.1. The van der Waals surface area contributed by atoms with Crippen LogP contribution in [0.15, 0.2) is 188 Å². The summed E-state index contributed by atoms with van der Waals surface area (Å²) >= 11 is 1.87. The van der Waals surface area contributed by atoms with Gasteiger partial charge in [0.15, 0.2) is 0 Å². The number of hydrogen-bond donors (Lipinski definition) is 0. The monoisotopic (exact) mass is 629 g/mol. The number of rotatable bonds is 6. The maximum Gasteiger partial charge on any atom is 0.0462 e. The lowest BCUT2D eigenvalue weighted by molar-refractivity contribution is 1.28. The van der Waals surface area contributed by atoms with Gasteiger partial charge in [-0.15, -0.1) is 11.3 Å². The molecule has 9 rings (SSSR count). The van der Waals surface area contributed by atoms with Crippen LogP contribution in [0.1, 0.15) is 0 Å². The van der Waals surface area contributed by atoms with Gasteiger partial charge in [0.1, 0.15) is 0 Å². The molecule has 48 heavy (non-hydrogen) atoms. The molecule has 1 aromatic heterocycles. The first-order valence-electron chi connectivity index (χ1n) is 16.4. The Morgan fingerprint density at radius 3 is 1.48 bits per heavy atom. The third-order valence-corrected chi connectivity index (χ3v) is 10.4. The molecule has 0 radical (unpaired) electrons. The molecule has 1 nitrogen and oxygen atoms in total. The number of hydrogen-bond acceptors (Lipinski definition) is 2. The van der Waals surface area contributed by atoms with Crippen molar-refractivity contribution in [3.05, 3.63) is 188 Å². The number of anilines is 3. The molecular formula is C46H31NS. The van der Waals surface area contributed by atoms with Crippen molar-refractivity contribution in [3.63, 3.8) is 0 Å². The van der Waals surface area contributed by atoms with Crippen molar-refractivity contribution in [3.8, 4) is 33.4 Å². The maximum atomic E-state index is 2.33.